The highest BCUT2D eigenvalue weighted by Gasteiger charge is 2.23. The van der Waals surface area contributed by atoms with E-state index in [1.54, 1.807) is 39.9 Å². The number of hydrogen-bond donors (Lipinski definition) is 2. The van der Waals surface area contributed by atoms with Crippen molar-refractivity contribution in [3.05, 3.63) is 41.9 Å². The monoisotopic (exact) mass is 278 g/mol. The Morgan fingerprint density at radius 3 is 2.30 bits per heavy atom. The van der Waals surface area contributed by atoms with Crippen LogP contribution in [0.1, 0.15) is 17.2 Å². The lowest BCUT2D eigenvalue weighted by Gasteiger charge is -2.21. The predicted octanol–water partition coefficient (Wildman–Crippen LogP) is 1.86. The molecule has 0 saturated carbocycles. The molecule has 3 N–H and O–H groups in total. The average molecular weight is 278 g/mol. The Morgan fingerprint density at radius 2 is 1.80 bits per heavy atom. The highest BCUT2D eigenvalue weighted by molar-refractivity contribution is 5.57. The summed E-state index contributed by atoms with van der Waals surface area (Å²) in [7, 11) is 4.71. The van der Waals surface area contributed by atoms with Crippen LogP contribution in [0.15, 0.2) is 35.1 Å². The second kappa shape index (κ2) is 6.31. The maximum atomic E-state index is 5.66. The van der Waals surface area contributed by atoms with E-state index in [9.17, 15) is 0 Å². The van der Waals surface area contributed by atoms with Gasteiger partial charge in [0.2, 0.25) is 5.75 Å². The second-order valence-electron chi connectivity index (χ2n) is 4.08. The Bertz CT molecular complexity index is 555. The first-order valence-electron chi connectivity index (χ1n) is 6.03. The molecule has 0 radical (unpaired) electrons. The number of furan rings is 1. The Labute approximate surface area is 117 Å². The Balaban J connectivity index is 2.55. The molecule has 1 atom stereocenters. The van der Waals surface area contributed by atoms with Crippen LogP contribution in [-0.4, -0.2) is 21.3 Å². The lowest BCUT2D eigenvalue weighted by molar-refractivity contribution is 0.320. The normalized spacial score (nSPS) is 12.0. The van der Waals surface area contributed by atoms with Gasteiger partial charge in [0.05, 0.1) is 39.9 Å². The molecule has 0 spiro atoms. The third-order valence-corrected chi connectivity index (χ3v) is 3.09. The fourth-order valence-corrected chi connectivity index (χ4v) is 2.16. The molecule has 6 heteroatoms. The molecule has 1 aromatic heterocycles. The van der Waals surface area contributed by atoms with E-state index in [-0.39, 0.29) is 6.04 Å². The van der Waals surface area contributed by atoms with Crippen LogP contribution in [0.25, 0.3) is 0 Å². The molecule has 0 bridgehead atoms. The van der Waals surface area contributed by atoms with Gasteiger partial charge in [-0.3, -0.25) is 5.84 Å². The van der Waals surface area contributed by atoms with Crippen molar-refractivity contribution in [1.29, 1.82) is 0 Å². The third-order valence-electron chi connectivity index (χ3n) is 3.09. The highest BCUT2D eigenvalue weighted by atomic mass is 16.5. The number of nitrogens with two attached hydrogens (primary N) is 1. The molecule has 0 aliphatic rings. The number of nitrogens with one attached hydrogen (secondary N) is 1. The van der Waals surface area contributed by atoms with Crippen molar-refractivity contribution < 1.29 is 18.6 Å². The standard InChI is InChI=1S/C14H18N2O4/c1-17-11-5-4-10(13(18-2)14(11)19-3)12(16-15)9-6-7-20-8-9/h4-8,12,16H,15H2,1-3H3. The third kappa shape index (κ3) is 2.43. The molecule has 2 aromatic rings. The van der Waals surface area contributed by atoms with Crippen molar-refractivity contribution in [3.63, 3.8) is 0 Å². The molecule has 0 amide bonds. The molecule has 1 aromatic carbocycles. The van der Waals surface area contributed by atoms with Crippen LogP contribution in [0, 0.1) is 0 Å². The van der Waals surface area contributed by atoms with E-state index in [1.807, 2.05) is 12.1 Å². The van der Waals surface area contributed by atoms with Gasteiger partial charge >= 0.3 is 0 Å². The summed E-state index contributed by atoms with van der Waals surface area (Å²) in [6, 6.07) is 5.24. The molecule has 0 fully saturated rings. The van der Waals surface area contributed by atoms with E-state index in [4.69, 9.17) is 24.5 Å². The zero-order valence-corrected chi connectivity index (χ0v) is 11.7. The van der Waals surface area contributed by atoms with Crippen LogP contribution < -0.4 is 25.5 Å². The van der Waals surface area contributed by atoms with Gasteiger partial charge in [-0.05, 0) is 18.2 Å². The fraction of sp³-hybridized carbons (Fsp3) is 0.286. The van der Waals surface area contributed by atoms with Gasteiger partial charge in [0.1, 0.15) is 0 Å². The first-order valence-corrected chi connectivity index (χ1v) is 6.03. The lowest BCUT2D eigenvalue weighted by atomic mass is 10.00. The van der Waals surface area contributed by atoms with Crippen LogP contribution >= 0.6 is 0 Å². The molecule has 20 heavy (non-hydrogen) atoms. The summed E-state index contributed by atoms with van der Waals surface area (Å²) in [5.74, 6) is 7.35. The Morgan fingerprint density at radius 1 is 1.05 bits per heavy atom. The summed E-state index contributed by atoms with van der Waals surface area (Å²) in [6.45, 7) is 0. The first-order chi connectivity index (χ1) is 9.76. The molecule has 0 aliphatic heterocycles. The average Bonchev–Trinajstić information content (AvgIpc) is 3.01. The number of rotatable bonds is 6. The van der Waals surface area contributed by atoms with Crippen molar-refractivity contribution in [2.45, 2.75) is 6.04 Å². The molecule has 0 aliphatic carbocycles. The summed E-state index contributed by atoms with van der Waals surface area (Å²) >= 11 is 0. The number of ether oxygens (including phenoxy) is 3. The largest absolute Gasteiger partial charge is 0.493 e. The van der Waals surface area contributed by atoms with Crippen LogP contribution in [0.3, 0.4) is 0 Å². The topological polar surface area (TPSA) is 78.9 Å². The summed E-state index contributed by atoms with van der Waals surface area (Å²) in [5, 5.41) is 0. The van der Waals surface area contributed by atoms with E-state index < -0.39 is 0 Å². The summed E-state index contributed by atoms with van der Waals surface area (Å²) in [4.78, 5) is 0. The van der Waals surface area contributed by atoms with Crippen molar-refractivity contribution in [3.8, 4) is 17.2 Å². The van der Waals surface area contributed by atoms with Gasteiger partial charge in [-0.2, -0.15) is 0 Å². The van der Waals surface area contributed by atoms with Gasteiger partial charge in [0, 0.05) is 11.1 Å². The Hall–Kier alpha value is -2.18. The lowest BCUT2D eigenvalue weighted by Crippen LogP contribution is -2.29. The number of benzene rings is 1. The van der Waals surface area contributed by atoms with Crippen LogP contribution in [-0.2, 0) is 0 Å². The second-order valence-corrected chi connectivity index (χ2v) is 4.08. The summed E-state index contributed by atoms with van der Waals surface area (Å²) < 4.78 is 21.2. The minimum atomic E-state index is -0.275. The van der Waals surface area contributed by atoms with Gasteiger partial charge in [0.15, 0.2) is 11.5 Å². The van der Waals surface area contributed by atoms with Crippen LogP contribution in [0.5, 0.6) is 17.2 Å². The van der Waals surface area contributed by atoms with E-state index in [0.717, 1.165) is 11.1 Å². The van der Waals surface area contributed by atoms with Crippen molar-refractivity contribution in [2.24, 2.45) is 5.84 Å². The molecule has 6 nitrogen and oxygen atoms in total. The molecular formula is C14H18N2O4. The van der Waals surface area contributed by atoms with Gasteiger partial charge in [-0.25, -0.2) is 5.43 Å². The minimum absolute atomic E-state index is 0.275. The first kappa shape index (κ1) is 14.2. The van der Waals surface area contributed by atoms with Crippen molar-refractivity contribution >= 4 is 0 Å². The van der Waals surface area contributed by atoms with Crippen molar-refractivity contribution in [2.75, 3.05) is 21.3 Å². The quantitative estimate of drug-likeness (QED) is 0.620. The van der Waals surface area contributed by atoms with E-state index in [0.29, 0.717) is 17.2 Å². The molecule has 108 valence electrons. The van der Waals surface area contributed by atoms with Gasteiger partial charge in [0.25, 0.3) is 0 Å². The van der Waals surface area contributed by atoms with E-state index >= 15 is 0 Å². The predicted molar refractivity (Wildman–Crippen MR) is 74.0 cm³/mol. The maximum Gasteiger partial charge on any atom is 0.203 e. The van der Waals surface area contributed by atoms with Gasteiger partial charge < -0.3 is 18.6 Å². The van der Waals surface area contributed by atoms with Gasteiger partial charge in [-0.1, -0.05) is 0 Å². The molecule has 2 rings (SSSR count). The number of hydrazine groups is 1. The summed E-state index contributed by atoms with van der Waals surface area (Å²) in [5.41, 5.74) is 4.46. The SMILES string of the molecule is COc1ccc(C(NN)c2ccoc2)c(OC)c1OC. The molecule has 1 unspecified atom stereocenters. The van der Waals surface area contributed by atoms with Crippen LogP contribution in [0.2, 0.25) is 0 Å². The van der Waals surface area contributed by atoms with Crippen molar-refractivity contribution in [1.82, 2.24) is 5.43 Å². The zero-order valence-electron chi connectivity index (χ0n) is 11.7. The van der Waals surface area contributed by atoms with E-state index in [2.05, 4.69) is 5.43 Å². The van der Waals surface area contributed by atoms with Crippen LogP contribution in [0.4, 0.5) is 0 Å². The molecule has 0 saturated heterocycles. The highest BCUT2D eigenvalue weighted by Crippen LogP contribution is 2.43. The molecular weight excluding hydrogens is 260 g/mol. The fourth-order valence-electron chi connectivity index (χ4n) is 2.16. The molecule has 1 heterocycles. The Kier molecular flexibility index (Phi) is 4.49. The van der Waals surface area contributed by atoms with E-state index in [1.165, 1.54) is 0 Å². The smallest absolute Gasteiger partial charge is 0.203 e. The number of methoxy groups -OCH3 is 3. The zero-order chi connectivity index (χ0) is 14.5. The summed E-state index contributed by atoms with van der Waals surface area (Å²) in [6.07, 6.45) is 3.22. The maximum absolute atomic E-state index is 5.66. The number of hydrogen-bond acceptors (Lipinski definition) is 6. The minimum Gasteiger partial charge on any atom is -0.493 e. The van der Waals surface area contributed by atoms with Gasteiger partial charge in [-0.15, -0.1) is 0 Å².